The molecule has 0 aliphatic carbocycles. The topological polar surface area (TPSA) is 123 Å². The van der Waals surface area contributed by atoms with Crippen LogP contribution in [0.4, 0.5) is 22.7 Å². The lowest BCUT2D eigenvalue weighted by atomic mass is 10.1. The van der Waals surface area contributed by atoms with E-state index in [0.717, 1.165) is 183 Å². The maximum Gasteiger partial charge on any atom is 0.161 e. The van der Waals surface area contributed by atoms with Crippen LogP contribution in [-0.4, -0.2) is 52.9 Å². The lowest BCUT2D eigenvalue weighted by Crippen LogP contribution is -2.03. The number of azo groups is 2. The molecule has 12 nitrogen and oxygen atoms in total. The largest absolute Gasteiger partial charge is 0.494 e. The van der Waals surface area contributed by atoms with E-state index in [4.69, 9.17) is 37.9 Å². The Labute approximate surface area is 536 Å². The van der Waals surface area contributed by atoms with E-state index >= 15 is 0 Å². The standard InChI is InChI=1S/C72H80I2N4O8/c73-59-29-33-61(34-30-59)75-77-63-37-45-67(46-38-63)81-51-15-3-7-19-55-85-71-23-11-9-21-69(71)83-53-17-5-1-13-49-79-65-41-25-57(26-42-65)58-27-43-66(44-28-58)80-50-14-2-6-18-54-84-70-22-10-12-24-72(70)86-56-20-8-4-16-52-82-68-47-39-64(40-48-68)78-76-62-35-31-60(74)32-36-62/h9-12,21-48H,1-8,13-20,49-56H2. The molecule has 0 fully saturated rings. The predicted octanol–water partition coefficient (Wildman–Crippen LogP) is 21.5. The molecule has 0 heterocycles. The summed E-state index contributed by atoms with van der Waals surface area (Å²) in [5.74, 6) is 6.69. The Bertz CT molecular complexity index is 2970. The summed E-state index contributed by atoms with van der Waals surface area (Å²) in [4.78, 5) is 0. The molecule has 0 unspecified atom stereocenters. The third kappa shape index (κ3) is 25.0. The molecular formula is C72H80I2N4O8. The molecule has 0 atom stereocenters. The van der Waals surface area contributed by atoms with Crippen molar-refractivity contribution in [3.63, 3.8) is 0 Å². The smallest absolute Gasteiger partial charge is 0.161 e. The van der Waals surface area contributed by atoms with Crippen LogP contribution in [0.5, 0.6) is 46.0 Å². The fourth-order valence-electron chi connectivity index (χ4n) is 9.05. The quantitative estimate of drug-likeness (QED) is 0.0211. The van der Waals surface area contributed by atoms with Crippen molar-refractivity contribution in [3.8, 4) is 57.1 Å². The average molecular weight is 1380 g/mol. The number of ether oxygens (including phenoxy) is 8. The van der Waals surface area contributed by atoms with Crippen LogP contribution in [0.15, 0.2) is 215 Å². The second-order valence-corrected chi connectivity index (χ2v) is 23.2. The zero-order chi connectivity index (χ0) is 59.3. The van der Waals surface area contributed by atoms with Crippen molar-refractivity contribution < 1.29 is 37.9 Å². The molecular weight excluding hydrogens is 1300 g/mol. The second-order valence-electron chi connectivity index (χ2n) is 20.7. The zero-order valence-corrected chi connectivity index (χ0v) is 53.6. The van der Waals surface area contributed by atoms with Crippen molar-refractivity contribution >= 4 is 67.9 Å². The maximum absolute atomic E-state index is 6.15. The first kappa shape index (κ1) is 64.8. The van der Waals surface area contributed by atoms with Crippen LogP contribution in [-0.2, 0) is 0 Å². The van der Waals surface area contributed by atoms with E-state index < -0.39 is 0 Å². The monoisotopic (exact) mass is 1380 g/mol. The van der Waals surface area contributed by atoms with Gasteiger partial charge in [-0.2, -0.15) is 20.5 Å². The van der Waals surface area contributed by atoms with E-state index in [1.165, 1.54) is 7.14 Å². The zero-order valence-electron chi connectivity index (χ0n) is 49.3. The minimum Gasteiger partial charge on any atom is -0.494 e. The van der Waals surface area contributed by atoms with Crippen molar-refractivity contribution in [1.29, 1.82) is 0 Å². The number of nitrogens with zero attached hydrogens (tertiary/aromatic N) is 4. The van der Waals surface area contributed by atoms with Crippen molar-refractivity contribution in [2.45, 2.75) is 103 Å². The Balaban J connectivity index is 0.582. The van der Waals surface area contributed by atoms with Gasteiger partial charge < -0.3 is 37.9 Å². The summed E-state index contributed by atoms with van der Waals surface area (Å²) in [6, 6.07) is 64.0. The highest BCUT2D eigenvalue weighted by molar-refractivity contribution is 14.1. The summed E-state index contributed by atoms with van der Waals surface area (Å²) in [7, 11) is 0. The van der Waals surface area contributed by atoms with Gasteiger partial charge in [-0.05, 0) is 305 Å². The van der Waals surface area contributed by atoms with Gasteiger partial charge in [0.2, 0.25) is 0 Å². The van der Waals surface area contributed by atoms with Crippen molar-refractivity contribution in [2.75, 3.05) is 52.9 Å². The Kier molecular flexibility index (Phi) is 29.2. The summed E-state index contributed by atoms with van der Waals surface area (Å²) in [6.45, 7) is 5.37. The molecule has 0 amide bonds. The molecule has 0 N–H and O–H groups in total. The molecule has 0 aromatic heterocycles. The average Bonchev–Trinajstić information content (AvgIpc) is 3.66. The van der Waals surface area contributed by atoms with Crippen molar-refractivity contribution in [1.82, 2.24) is 0 Å². The molecule has 14 heteroatoms. The third-order valence-corrected chi connectivity index (χ3v) is 15.3. The first-order chi connectivity index (χ1) is 42.5. The van der Waals surface area contributed by atoms with Gasteiger partial charge in [0, 0.05) is 7.14 Å². The Morgan fingerprint density at radius 1 is 0.209 bits per heavy atom. The number of hydrogen-bond acceptors (Lipinski definition) is 12. The molecule has 450 valence electrons. The fourth-order valence-corrected chi connectivity index (χ4v) is 9.77. The number of rotatable bonds is 41. The van der Waals surface area contributed by atoms with Gasteiger partial charge in [0.05, 0.1) is 75.6 Å². The van der Waals surface area contributed by atoms with E-state index in [9.17, 15) is 0 Å². The van der Waals surface area contributed by atoms with Crippen molar-refractivity contribution in [3.05, 3.63) is 201 Å². The van der Waals surface area contributed by atoms with E-state index in [1.54, 1.807) is 0 Å². The van der Waals surface area contributed by atoms with Gasteiger partial charge in [-0.3, -0.25) is 0 Å². The van der Waals surface area contributed by atoms with Crippen LogP contribution >= 0.6 is 45.2 Å². The minimum absolute atomic E-state index is 0.659. The highest BCUT2D eigenvalue weighted by atomic mass is 127. The van der Waals surface area contributed by atoms with Crippen LogP contribution in [0.25, 0.3) is 11.1 Å². The van der Waals surface area contributed by atoms with E-state index in [0.29, 0.717) is 52.9 Å². The Morgan fingerprint density at radius 2 is 0.407 bits per heavy atom. The Morgan fingerprint density at radius 3 is 0.640 bits per heavy atom. The first-order valence-electron chi connectivity index (χ1n) is 30.4. The van der Waals surface area contributed by atoms with E-state index in [2.05, 4.69) is 114 Å². The second kappa shape index (κ2) is 38.8. The van der Waals surface area contributed by atoms with Gasteiger partial charge in [0.15, 0.2) is 23.0 Å². The highest BCUT2D eigenvalue weighted by Crippen LogP contribution is 2.31. The van der Waals surface area contributed by atoms with Crippen LogP contribution in [0.2, 0.25) is 0 Å². The summed E-state index contributed by atoms with van der Waals surface area (Å²) < 4.78 is 51.0. The van der Waals surface area contributed by atoms with Crippen molar-refractivity contribution in [2.24, 2.45) is 20.5 Å². The van der Waals surface area contributed by atoms with Crippen LogP contribution in [0.1, 0.15) is 103 Å². The van der Waals surface area contributed by atoms with Gasteiger partial charge in [-0.25, -0.2) is 0 Å². The van der Waals surface area contributed by atoms with Crippen LogP contribution in [0.3, 0.4) is 0 Å². The van der Waals surface area contributed by atoms with Crippen LogP contribution in [0, 0.1) is 7.14 Å². The van der Waals surface area contributed by atoms with Crippen LogP contribution < -0.4 is 37.9 Å². The number of unbranched alkanes of at least 4 members (excludes halogenated alkanes) is 12. The number of halogens is 2. The summed E-state index contributed by atoms with van der Waals surface area (Å²) in [5.41, 5.74) is 5.55. The number of benzene rings is 8. The molecule has 8 rings (SSSR count). The van der Waals surface area contributed by atoms with E-state index in [1.807, 2.05) is 146 Å². The third-order valence-electron chi connectivity index (χ3n) is 13.9. The molecule has 0 bridgehead atoms. The summed E-state index contributed by atoms with van der Waals surface area (Å²) in [6.07, 6.45) is 16.5. The molecule has 86 heavy (non-hydrogen) atoms. The van der Waals surface area contributed by atoms with Gasteiger partial charge >= 0.3 is 0 Å². The van der Waals surface area contributed by atoms with Gasteiger partial charge in [0.25, 0.3) is 0 Å². The lowest BCUT2D eigenvalue weighted by molar-refractivity contribution is 0.254. The molecule has 0 aliphatic heterocycles. The normalized spacial score (nSPS) is 11.2. The molecule has 0 aliphatic rings. The van der Waals surface area contributed by atoms with Gasteiger partial charge in [0.1, 0.15) is 23.0 Å². The van der Waals surface area contributed by atoms with Gasteiger partial charge in [-0.1, -0.05) is 48.5 Å². The summed E-state index contributed by atoms with van der Waals surface area (Å²) >= 11 is 4.56. The lowest BCUT2D eigenvalue weighted by Gasteiger charge is -2.13. The molecule has 0 saturated heterocycles. The number of para-hydroxylation sites is 4. The minimum atomic E-state index is 0.659. The summed E-state index contributed by atoms with van der Waals surface area (Å²) in [5, 5.41) is 17.3. The highest BCUT2D eigenvalue weighted by Gasteiger charge is 2.08. The fraction of sp³-hybridized carbons (Fsp3) is 0.333. The molecule has 8 aromatic rings. The maximum atomic E-state index is 6.15. The Hall–Kier alpha value is -7.18. The van der Waals surface area contributed by atoms with E-state index in [-0.39, 0.29) is 0 Å². The molecule has 0 radical (unpaired) electrons. The molecule has 0 saturated carbocycles. The number of hydrogen-bond donors (Lipinski definition) is 0. The predicted molar refractivity (Wildman–Crippen MR) is 362 cm³/mol. The molecule has 0 spiro atoms. The molecule has 8 aromatic carbocycles. The first-order valence-corrected chi connectivity index (χ1v) is 32.6. The van der Waals surface area contributed by atoms with Gasteiger partial charge in [-0.15, -0.1) is 0 Å². The SMILES string of the molecule is Ic1ccc(N=Nc2ccc(OCCCCCCOc3ccccc3OCCCCCCOc3ccc(-c4ccc(OCCCCCCOc5ccccc5OCCCCCCOc5ccc(N=Nc6ccc(I)cc6)cc5)cc4)cc3)cc2)cc1.